The molecule has 0 aliphatic heterocycles. The predicted octanol–water partition coefficient (Wildman–Crippen LogP) is 0.998. The zero-order valence-electron chi connectivity index (χ0n) is 5.36. The molecular weight excluding hydrogens is 170 g/mol. The fraction of sp³-hybridized carbons (Fsp3) is 0. The Morgan fingerprint density at radius 2 is 2.00 bits per heavy atom. The van der Waals surface area contributed by atoms with Gasteiger partial charge < -0.3 is 5.11 Å². The molecule has 0 amide bonds. The molecule has 0 saturated heterocycles. The van der Waals surface area contributed by atoms with Crippen LogP contribution >= 0.6 is 11.6 Å². The first-order chi connectivity index (χ1) is 5.11. The van der Waals surface area contributed by atoms with E-state index in [2.05, 4.69) is 0 Å². The molecule has 5 heteroatoms. The van der Waals surface area contributed by atoms with Crippen molar-refractivity contribution in [1.29, 1.82) is 0 Å². The minimum absolute atomic E-state index is 0.256. The van der Waals surface area contributed by atoms with Crippen LogP contribution in [0.3, 0.4) is 0 Å². The maximum atomic E-state index is 10.8. The summed E-state index contributed by atoms with van der Waals surface area (Å²) in [6, 6.07) is 3.68. The highest BCUT2D eigenvalue weighted by atomic mass is 35.5. The Morgan fingerprint density at radius 3 is 2.45 bits per heavy atom. The Balaban J connectivity index is 3.13. The summed E-state index contributed by atoms with van der Waals surface area (Å²) >= 11 is 5.47. The Morgan fingerprint density at radius 1 is 1.36 bits per heavy atom. The molecule has 2 N–H and O–H groups in total. The van der Waals surface area contributed by atoms with Crippen LogP contribution in [0.2, 0.25) is 5.02 Å². The molecule has 0 unspecified atom stereocenters. The minimum Gasteiger partial charge on any atom is -0.871 e. The van der Waals surface area contributed by atoms with Gasteiger partial charge in [-0.3, -0.25) is 10.4 Å². The molecule has 0 aliphatic carbocycles. The van der Waals surface area contributed by atoms with E-state index in [9.17, 15) is 5.11 Å². The van der Waals surface area contributed by atoms with E-state index in [0.29, 0.717) is 0 Å². The van der Waals surface area contributed by atoms with Crippen LogP contribution in [0, 0.1) is 0 Å². The molecular formula is C6H5ClNO3-. The van der Waals surface area contributed by atoms with Crippen molar-refractivity contribution >= 4 is 17.3 Å². The number of nitrogens with zero attached hydrogens (tertiary/aromatic N) is 1. The van der Waals surface area contributed by atoms with Crippen LogP contribution in [0.1, 0.15) is 0 Å². The van der Waals surface area contributed by atoms with Crippen LogP contribution in [0.4, 0.5) is 5.69 Å². The summed E-state index contributed by atoms with van der Waals surface area (Å²) in [5.41, 5.74) is -0.266. The SMILES string of the molecule is [O-]c1ccc(Cl)cc1N(O)O. The van der Waals surface area contributed by atoms with E-state index < -0.39 is 5.75 Å². The Hall–Kier alpha value is -0.970. The van der Waals surface area contributed by atoms with E-state index in [1.54, 1.807) is 0 Å². The average molecular weight is 175 g/mol. The molecule has 1 aromatic carbocycles. The first kappa shape index (κ1) is 8.13. The molecule has 0 aliphatic rings. The number of benzene rings is 1. The summed E-state index contributed by atoms with van der Waals surface area (Å²) in [5, 5.41) is 27.7. The molecule has 0 heterocycles. The lowest BCUT2D eigenvalue weighted by Gasteiger charge is -2.16. The van der Waals surface area contributed by atoms with Crippen LogP contribution in [0.25, 0.3) is 0 Å². The van der Waals surface area contributed by atoms with Crippen LogP contribution in [0.5, 0.6) is 5.75 Å². The van der Waals surface area contributed by atoms with Gasteiger partial charge in [-0.05, 0) is 12.1 Å². The molecule has 1 aromatic rings. The smallest absolute Gasteiger partial charge is 0.0879 e. The maximum Gasteiger partial charge on any atom is 0.0879 e. The summed E-state index contributed by atoms with van der Waals surface area (Å²) in [4.78, 5) is 0. The zero-order chi connectivity index (χ0) is 8.43. The molecule has 0 spiro atoms. The molecule has 0 fully saturated rings. The van der Waals surface area contributed by atoms with Gasteiger partial charge in [0.15, 0.2) is 0 Å². The number of rotatable bonds is 1. The van der Waals surface area contributed by atoms with Gasteiger partial charge in [-0.2, -0.15) is 0 Å². The zero-order valence-corrected chi connectivity index (χ0v) is 6.12. The highest BCUT2D eigenvalue weighted by molar-refractivity contribution is 6.30. The first-order valence-corrected chi connectivity index (χ1v) is 3.13. The molecule has 0 radical (unpaired) electrons. The maximum absolute atomic E-state index is 10.8. The first-order valence-electron chi connectivity index (χ1n) is 2.75. The second-order valence-corrected chi connectivity index (χ2v) is 2.34. The highest BCUT2D eigenvalue weighted by Crippen LogP contribution is 2.25. The van der Waals surface area contributed by atoms with Gasteiger partial charge in [0, 0.05) is 5.02 Å². The van der Waals surface area contributed by atoms with Gasteiger partial charge in [-0.25, -0.2) is 0 Å². The standard InChI is InChI=1S/C6H6ClNO3/c7-4-1-2-6(9)5(3-4)8(10)11/h1-3,9-11H/p-1. The predicted molar refractivity (Wildman–Crippen MR) is 36.9 cm³/mol. The number of anilines is 1. The lowest BCUT2D eigenvalue weighted by Crippen LogP contribution is -2.13. The summed E-state index contributed by atoms with van der Waals surface area (Å²) in [5.74, 6) is -0.501. The molecule has 0 saturated carbocycles. The van der Waals surface area contributed by atoms with Crippen molar-refractivity contribution in [2.75, 3.05) is 5.23 Å². The summed E-state index contributed by atoms with van der Waals surface area (Å²) < 4.78 is 0. The van der Waals surface area contributed by atoms with E-state index in [1.807, 2.05) is 0 Å². The third-order valence-corrected chi connectivity index (χ3v) is 1.37. The Kier molecular flexibility index (Phi) is 2.19. The van der Waals surface area contributed by atoms with Gasteiger partial charge in [0.2, 0.25) is 0 Å². The van der Waals surface area contributed by atoms with E-state index in [1.165, 1.54) is 6.07 Å². The lowest BCUT2D eigenvalue weighted by atomic mass is 10.3. The summed E-state index contributed by atoms with van der Waals surface area (Å²) in [6.07, 6.45) is 0. The topological polar surface area (TPSA) is 66.8 Å². The third-order valence-electron chi connectivity index (χ3n) is 1.14. The van der Waals surface area contributed by atoms with Crippen molar-refractivity contribution < 1.29 is 15.5 Å². The normalized spacial score (nSPS) is 9.73. The van der Waals surface area contributed by atoms with E-state index in [4.69, 9.17) is 22.0 Å². The Labute approximate surface area is 67.8 Å². The van der Waals surface area contributed by atoms with Crippen LogP contribution in [-0.4, -0.2) is 10.4 Å². The molecule has 1 rings (SSSR count). The lowest BCUT2D eigenvalue weighted by molar-refractivity contribution is -0.268. The molecule has 60 valence electrons. The second-order valence-electron chi connectivity index (χ2n) is 1.90. The fourth-order valence-corrected chi connectivity index (χ4v) is 0.813. The third kappa shape index (κ3) is 1.74. The molecule has 0 atom stereocenters. The van der Waals surface area contributed by atoms with Crippen molar-refractivity contribution in [2.24, 2.45) is 0 Å². The van der Waals surface area contributed by atoms with Crippen molar-refractivity contribution in [3.05, 3.63) is 23.2 Å². The summed E-state index contributed by atoms with van der Waals surface area (Å²) in [6.45, 7) is 0. The van der Waals surface area contributed by atoms with Crippen molar-refractivity contribution in [1.82, 2.24) is 0 Å². The largest absolute Gasteiger partial charge is 0.871 e. The van der Waals surface area contributed by atoms with Crippen molar-refractivity contribution in [3.8, 4) is 5.75 Å². The van der Waals surface area contributed by atoms with Gasteiger partial charge >= 0.3 is 0 Å². The average Bonchev–Trinajstić information content (AvgIpc) is 1.94. The number of halogens is 1. The monoisotopic (exact) mass is 174 g/mol. The molecule has 4 nitrogen and oxygen atoms in total. The quantitative estimate of drug-likeness (QED) is 0.624. The summed E-state index contributed by atoms with van der Waals surface area (Å²) in [7, 11) is 0. The van der Waals surface area contributed by atoms with Crippen molar-refractivity contribution in [2.45, 2.75) is 0 Å². The molecule has 11 heavy (non-hydrogen) atoms. The fourth-order valence-electron chi connectivity index (χ4n) is 0.647. The molecule has 0 aromatic heterocycles. The van der Waals surface area contributed by atoms with Gasteiger partial charge in [0.25, 0.3) is 0 Å². The highest BCUT2D eigenvalue weighted by Gasteiger charge is 1.99. The van der Waals surface area contributed by atoms with Crippen LogP contribution in [-0.2, 0) is 0 Å². The Bertz CT molecular complexity index is 264. The number of hydrogen-bond acceptors (Lipinski definition) is 4. The van der Waals surface area contributed by atoms with Gasteiger partial charge in [0.05, 0.1) is 5.69 Å². The van der Waals surface area contributed by atoms with E-state index in [-0.39, 0.29) is 15.9 Å². The van der Waals surface area contributed by atoms with Gasteiger partial charge in [-0.1, -0.05) is 23.4 Å². The van der Waals surface area contributed by atoms with Crippen LogP contribution in [0.15, 0.2) is 18.2 Å². The van der Waals surface area contributed by atoms with Gasteiger partial charge in [0.1, 0.15) is 0 Å². The second kappa shape index (κ2) is 2.96. The molecule has 0 bridgehead atoms. The van der Waals surface area contributed by atoms with Crippen molar-refractivity contribution in [3.63, 3.8) is 0 Å². The van der Waals surface area contributed by atoms with Gasteiger partial charge in [-0.15, -0.1) is 5.23 Å². The van der Waals surface area contributed by atoms with E-state index in [0.717, 1.165) is 12.1 Å². The minimum atomic E-state index is -0.501. The number of hydrogen-bond donors (Lipinski definition) is 2. The van der Waals surface area contributed by atoms with E-state index >= 15 is 0 Å². The van der Waals surface area contributed by atoms with Crippen LogP contribution < -0.4 is 10.3 Å².